The number of rotatable bonds is 8. The molecule has 1 saturated carbocycles. The van der Waals surface area contributed by atoms with Crippen molar-refractivity contribution in [3.05, 3.63) is 23.1 Å². The van der Waals surface area contributed by atoms with Gasteiger partial charge in [0.05, 0.1) is 12.7 Å². The second-order valence-electron chi connectivity index (χ2n) is 7.36. The third kappa shape index (κ3) is 5.45. The first-order valence-electron chi connectivity index (χ1n) is 9.58. The Morgan fingerprint density at radius 1 is 1.50 bits per heavy atom. The number of hydrogen-bond acceptors (Lipinski definition) is 6. The second-order valence-corrected chi connectivity index (χ2v) is 8.35. The maximum absolute atomic E-state index is 12.2. The van der Waals surface area contributed by atoms with Gasteiger partial charge in [0.1, 0.15) is 23.6 Å². The highest BCUT2D eigenvalue weighted by Gasteiger charge is 2.21. The summed E-state index contributed by atoms with van der Waals surface area (Å²) in [6, 6.07) is 0.435. The van der Waals surface area contributed by atoms with Gasteiger partial charge >= 0.3 is 0 Å². The molecule has 1 aromatic heterocycles. The van der Waals surface area contributed by atoms with Gasteiger partial charge in [-0.1, -0.05) is 37.0 Å². The fourth-order valence-corrected chi connectivity index (χ4v) is 4.03. The molecule has 0 bridgehead atoms. The second kappa shape index (κ2) is 9.37. The van der Waals surface area contributed by atoms with Crippen molar-refractivity contribution in [3.63, 3.8) is 0 Å². The van der Waals surface area contributed by atoms with Crippen LogP contribution in [0.1, 0.15) is 62.0 Å². The number of hydrogen-bond donors (Lipinski definition) is 1. The van der Waals surface area contributed by atoms with E-state index in [2.05, 4.69) is 29.0 Å². The van der Waals surface area contributed by atoms with E-state index in [9.17, 15) is 4.79 Å². The molecular weight excluding hydrogens is 350 g/mol. The molecule has 2 aliphatic rings. The van der Waals surface area contributed by atoms with Crippen LogP contribution in [-0.4, -0.2) is 41.7 Å². The highest BCUT2D eigenvalue weighted by Crippen LogP contribution is 2.28. The van der Waals surface area contributed by atoms with E-state index in [1.54, 1.807) is 12.5 Å². The average Bonchev–Trinajstić information content (AvgIpc) is 3.38. The molecular formula is C19H29N3O3S. The van der Waals surface area contributed by atoms with Crippen molar-refractivity contribution in [3.8, 4) is 5.19 Å². The van der Waals surface area contributed by atoms with Gasteiger partial charge in [-0.15, -0.1) is 0 Å². The minimum absolute atomic E-state index is 0.0699. The Hall–Kier alpha value is -1.60. The van der Waals surface area contributed by atoms with E-state index >= 15 is 0 Å². The fourth-order valence-electron chi connectivity index (χ4n) is 3.37. The summed E-state index contributed by atoms with van der Waals surface area (Å²) in [4.78, 5) is 19.1. The van der Waals surface area contributed by atoms with E-state index in [0.717, 1.165) is 31.2 Å². The molecule has 1 aliphatic carbocycles. The van der Waals surface area contributed by atoms with Crippen molar-refractivity contribution in [1.82, 2.24) is 15.2 Å². The van der Waals surface area contributed by atoms with E-state index in [1.807, 2.05) is 0 Å². The lowest BCUT2D eigenvalue weighted by atomic mass is 10.0. The molecule has 6 nitrogen and oxygen atoms in total. The topological polar surface area (TPSA) is 63.7 Å². The summed E-state index contributed by atoms with van der Waals surface area (Å²) in [5, 5.41) is 3.44. The van der Waals surface area contributed by atoms with Gasteiger partial charge in [-0.3, -0.25) is 9.69 Å². The number of nitrogens with zero attached hydrogens (tertiary/aromatic N) is 2. The van der Waals surface area contributed by atoms with E-state index in [1.165, 1.54) is 43.4 Å². The summed E-state index contributed by atoms with van der Waals surface area (Å²) in [5.41, 5.74) is 0. The van der Waals surface area contributed by atoms with E-state index < -0.39 is 0 Å². The molecule has 144 valence electrons. The molecule has 1 aromatic rings. The SMILES string of the molecule is CC(C)N1COC(=COc2ncc(C(=O)NCCCC3CCCC3)s2)C1. The molecule has 7 heteroatoms. The van der Waals surface area contributed by atoms with Crippen LogP contribution < -0.4 is 10.1 Å². The largest absolute Gasteiger partial charge is 0.478 e. The lowest BCUT2D eigenvalue weighted by Crippen LogP contribution is -2.27. The van der Waals surface area contributed by atoms with Crippen molar-refractivity contribution < 1.29 is 14.3 Å². The highest BCUT2D eigenvalue weighted by molar-refractivity contribution is 7.15. The molecule has 0 radical (unpaired) electrons. The number of carbonyl (C=O) groups is 1. The first kappa shape index (κ1) is 19.2. The van der Waals surface area contributed by atoms with Crippen molar-refractivity contribution in [1.29, 1.82) is 0 Å². The van der Waals surface area contributed by atoms with Crippen LogP contribution in [0.4, 0.5) is 0 Å². The third-order valence-electron chi connectivity index (χ3n) is 5.05. The molecule has 0 aromatic carbocycles. The zero-order chi connectivity index (χ0) is 18.4. The van der Waals surface area contributed by atoms with Gasteiger partial charge < -0.3 is 14.8 Å². The van der Waals surface area contributed by atoms with Gasteiger partial charge in [-0.05, 0) is 32.6 Å². The Kier molecular flexibility index (Phi) is 6.91. The zero-order valence-corrected chi connectivity index (χ0v) is 16.5. The van der Waals surface area contributed by atoms with Crippen molar-refractivity contribution >= 4 is 17.2 Å². The van der Waals surface area contributed by atoms with Crippen LogP contribution >= 0.6 is 11.3 Å². The van der Waals surface area contributed by atoms with Crippen LogP contribution in [0.3, 0.4) is 0 Å². The summed E-state index contributed by atoms with van der Waals surface area (Å²) in [7, 11) is 0. The molecule has 2 fully saturated rings. The number of aromatic nitrogens is 1. The van der Waals surface area contributed by atoms with Gasteiger partial charge in [-0.2, -0.15) is 0 Å². The predicted molar refractivity (Wildman–Crippen MR) is 102 cm³/mol. The molecule has 0 spiro atoms. The normalized spacial score (nSPS) is 20.0. The molecule has 1 N–H and O–H groups in total. The quantitative estimate of drug-likeness (QED) is 0.550. The Bertz CT molecular complexity index is 623. The minimum atomic E-state index is -0.0699. The maximum atomic E-state index is 12.2. The van der Waals surface area contributed by atoms with E-state index in [4.69, 9.17) is 9.47 Å². The molecule has 1 aliphatic heterocycles. The molecule has 26 heavy (non-hydrogen) atoms. The van der Waals surface area contributed by atoms with Crippen LogP contribution in [0.25, 0.3) is 0 Å². The average molecular weight is 380 g/mol. The molecule has 0 unspecified atom stereocenters. The summed E-state index contributed by atoms with van der Waals surface area (Å²) < 4.78 is 11.1. The Balaban J connectivity index is 1.38. The maximum Gasteiger partial charge on any atom is 0.278 e. The lowest BCUT2D eigenvalue weighted by molar-refractivity contribution is 0.0956. The number of carbonyl (C=O) groups excluding carboxylic acids is 1. The van der Waals surface area contributed by atoms with Gasteiger partial charge in [0.25, 0.3) is 11.1 Å². The van der Waals surface area contributed by atoms with Crippen molar-refractivity contribution in [2.75, 3.05) is 19.8 Å². The predicted octanol–water partition coefficient (Wildman–Crippen LogP) is 3.76. The van der Waals surface area contributed by atoms with Crippen LogP contribution in [0.2, 0.25) is 0 Å². The van der Waals surface area contributed by atoms with Gasteiger partial charge in [0.2, 0.25) is 0 Å². The first-order chi connectivity index (χ1) is 12.6. The van der Waals surface area contributed by atoms with Crippen molar-refractivity contribution in [2.24, 2.45) is 5.92 Å². The van der Waals surface area contributed by atoms with Gasteiger partial charge in [0.15, 0.2) is 0 Å². The summed E-state index contributed by atoms with van der Waals surface area (Å²) in [6.07, 6.45) is 10.9. The molecule has 1 saturated heterocycles. The first-order valence-corrected chi connectivity index (χ1v) is 10.4. The Morgan fingerprint density at radius 3 is 3.04 bits per heavy atom. The molecule has 3 rings (SSSR count). The van der Waals surface area contributed by atoms with Gasteiger partial charge in [-0.25, -0.2) is 4.98 Å². The summed E-state index contributed by atoms with van der Waals surface area (Å²) in [6.45, 7) is 6.31. The van der Waals surface area contributed by atoms with Crippen LogP contribution in [0.15, 0.2) is 18.2 Å². The van der Waals surface area contributed by atoms with Crippen molar-refractivity contribution in [2.45, 2.75) is 58.4 Å². The number of ether oxygens (including phenoxy) is 2. The van der Waals surface area contributed by atoms with Crippen LogP contribution in [0.5, 0.6) is 5.19 Å². The molecule has 0 atom stereocenters. The fraction of sp³-hybridized carbons (Fsp3) is 0.684. The summed E-state index contributed by atoms with van der Waals surface area (Å²) >= 11 is 1.26. The molecule has 2 heterocycles. The van der Waals surface area contributed by atoms with Crippen LogP contribution in [-0.2, 0) is 4.74 Å². The summed E-state index contributed by atoms with van der Waals surface area (Å²) in [5.74, 6) is 1.58. The standard InChI is InChI=1S/C19H29N3O3S/c1-14(2)22-11-16(25-13-22)12-24-19-21-10-17(26-19)18(23)20-9-5-8-15-6-3-4-7-15/h10,12,14-15H,3-9,11,13H2,1-2H3,(H,20,23). The number of thiazole rings is 1. The third-order valence-corrected chi connectivity index (χ3v) is 5.94. The highest BCUT2D eigenvalue weighted by atomic mass is 32.1. The molecule has 1 amide bonds. The Labute approximate surface area is 159 Å². The minimum Gasteiger partial charge on any atom is -0.478 e. The number of amides is 1. The van der Waals surface area contributed by atoms with E-state index in [-0.39, 0.29) is 5.91 Å². The lowest BCUT2D eigenvalue weighted by Gasteiger charge is -2.15. The zero-order valence-electron chi connectivity index (χ0n) is 15.7. The van der Waals surface area contributed by atoms with Gasteiger partial charge in [0, 0.05) is 12.6 Å². The Morgan fingerprint density at radius 2 is 2.31 bits per heavy atom. The van der Waals surface area contributed by atoms with E-state index in [0.29, 0.717) is 22.8 Å². The smallest absolute Gasteiger partial charge is 0.278 e. The monoisotopic (exact) mass is 379 g/mol. The number of nitrogens with one attached hydrogen (secondary N) is 1. The van der Waals surface area contributed by atoms with Crippen LogP contribution in [0, 0.1) is 5.92 Å².